The van der Waals surface area contributed by atoms with E-state index >= 15 is 0 Å². The molecule has 17 heavy (non-hydrogen) atoms. The van der Waals surface area contributed by atoms with Crippen LogP contribution in [0.15, 0.2) is 22.7 Å². The molecule has 1 rings (SSSR count). The van der Waals surface area contributed by atoms with Gasteiger partial charge in [0.05, 0.1) is 12.0 Å². The van der Waals surface area contributed by atoms with E-state index in [1.54, 1.807) is 6.07 Å². The summed E-state index contributed by atoms with van der Waals surface area (Å²) in [7, 11) is 0. The molecule has 0 heterocycles. The number of alkyl halides is 3. The van der Waals surface area contributed by atoms with E-state index in [4.69, 9.17) is 11.6 Å². The summed E-state index contributed by atoms with van der Waals surface area (Å²) in [5.41, 5.74) is 0.555. The third-order valence-electron chi connectivity index (χ3n) is 1.82. The molecule has 0 radical (unpaired) electrons. The largest absolute Gasteiger partial charge is 0.435 e. The van der Waals surface area contributed by atoms with Gasteiger partial charge in [-0.15, -0.1) is 11.6 Å². The van der Waals surface area contributed by atoms with Gasteiger partial charge in [0.1, 0.15) is 5.75 Å². The Labute approximate surface area is 111 Å². The van der Waals surface area contributed by atoms with Gasteiger partial charge in [0.25, 0.3) is 0 Å². The Morgan fingerprint density at radius 2 is 2.12 bits per heavy atom. The molecule has 1 aromatic carbocycles. The van der Waals surface area contributed by atoms with Crippen molar-refractivity contribution in [2.24, 2.45) is 0 Å². The topological polar surface area (TPSA) is 41.5 Å². The van der Waals surface area contributed by atoms with E-state index in [0.717, 1.165) is 0 Å². The van der Waals surface area contributed by atoms with Crippen LogP contribution in [-0.2, 0) is 0 Å². The number of ether oxygens (including phenoxy) is 1. The van der Waals surface area contributed by atoms with Crippen LogP contribution in [0, 0.1) is 0 Å². The molecule has 0 aromatic heterocycles. The Balaban J connectivity index is 2.68. The molecule has 1 unspecified atom stereocenters. The number of rotatable bonds is 6. The van der Waals surface area contributed by atoms with E-state index in [2.05, 4.69) is 26.0 Å². The summed E-state index contributed by atoms with van der Waals surface area (Å²) in [6, 6.07) is 4.52. The van der Waals surface area contributed by atoms with Crippen molar-refractivity contribution in [1.82, 2.24) is 0 Å². The minimum atomic E-state index is -2.87. The van der Waals surface area contributed by atoms with Crippen LogP contribution < -0.4 is 10.1 Å². The first kappa shape index (κ1) is 14.5. The quantitative estimate of drug-likeness (QED) is 0.788. The first-order valence-electron chi connectivity index (χ1n) is 4.74. The van der Waals surface area contributed by atoms with Gasteiger partial charge >= 0.3 is 6.61 Å². The van der Waals surface area contributed by atoms with Gasteiger partial charge in [-0.2, -0.15) is 8.78 Å². The Bertz CT molecular complexity index is 368. The summed E-state index contributed by atoms with van der Waals surface area (Å²) in [4.78, 5) is 0. The van der Waals surface area contributed by atoms with Gasteiger partial charge in [0.2, 0.25) is 0 Å². The van der Waals surface area contributed by atoms with Crippen LogP contribution in [0.3, 0.4) is 0 Å². The second-order valence-electron chi connectivity index (χ2n) is 3.24. The van der Waals surface area contributed by atoms with Crippen molar-refractivity contribution in [2.45, 2.75) is 12.7 Å². The third-order valence-corrected chi connectivity index (χ3v) is 2.63. The molecule has 0 aliphatic carbocycles. The molecule has 0 aliphatic heterocycles. The Kier molecular flexibility index (Phi) is 5.94. The van der Waals surface area contributed by atoms with Gasteiger partial charge in [0.15, 0.2) is 0 Å². The van der Waals surface area contributed by atoms with Crippen LogP contribution in [0.25, 0.3) is 0 Å². The molecule has 0 bridgehead atoms. The van der Waals surface area contributed by atoms with Crippen molar-refractivity contribution < 1.29 is 18.6 Å². The van der Waals surface area contributed by atoms with E-state index in [1.807, 2.05) is 0 Å². The normalized spacial score (nSPS) is 12.6. The number of hydrogen-bond donors (Lipinski definition) is 2. The number of aliphatic hydroxyl groups excluding tert-OH is 1. The monoisotopic (exact) mass is 329 g/mol. The van der Waals surface area contributed by atoms with Gasteiger partial charge < -0.3 is 15.2 Å². The predicted octanol–water partition coefficient (Wildman–Crippen LogP) is 3.06. The summed E-state index contributed by atoms with van der Waals surface area (Å²) >= 11 is 8.60. The van der Waals surface area contributed by atoms with Crippen molar-refractivity contribution >= 4 is 33.2 Å². The van der Waals surface area contributed by atoms with Crippen LogP contribution in [0.2, 0.25) is 0 Å². The van der Waals surface area contributed by atoms with E-state index in [1.165, 1.54) is 12.1 Å². The number of benzene rings is 1. The average Bonchev–Trinajstić information content (AvgIpc) is 2.24. The first-order valence-corrected chi connectivity index (χ1v) is 6.07. The molecule has 1 aromatic rings. The smallest absolute Gasteiger partial charge is 0.387 e. The molecular formula is C10H11BrClF2NO2. The second kappa shape index (κ2) is 6.98. The molecule has 0 amide bonds. The molecule has 2 N–H and O–H groups in total. The molecule has 0 aliphatic rings. The minimum absolute atomic E-state index is 0.0391. The Morgan fingerprint density at radius 1 is 1.41 bits per heavy atom. The lowest BCUT2D eigenvalue weighted by molar-refractivity contribution is -0.0498. The second-order valence-corrected chi connectivity index (χ2v) is 4.47. The number of aliphatic hydroxyl groups is 1. The van der Waals surface area contributed by atoms with Crippen molar-refractivity contribution in [1.29, 1.82) is 0 Å². The molecule has 0 fully saturated rings. The number of anilines is 1. The zero-order chi connectivity index (χ0) is 12.8. The first-order chi connectivity index (χ1) is 8.01. The van der Waals surface area contributed by atoms with E-state index in [0.29, 0.717) is 10.2 Å². The van der Waals surface area contributed by atoms with Gasteiger partial charge in [-0.1, -0.05) is 15.9 Å². The maximum atomic E-state index is 12.0. The fourth-order valence-electron chi connectivity index (χ4n) is 1.13. The van der Waals surface area contributed by atoms with E-state index in [9.17, 15) is 13.9 Å². The van der Waals surface area contributed by atoms with Gasteiger partial charge in [0, 0.05) is 22.8 Å². The SMILES string of the molecule is OC(CCl)CNc1cc(Br)cc(OC(F)F)c1. The Morgan fingerprint density at radius 3 is 2.71 bits per heavy atom. The lowest BCUT2D eigenvalue weighted by Gasteiger charge is -2.12. The van der Waals surface area contributed by atoms with Gasteiger partial charge in [-0.3, -0.25) is 0 Å². The summed E-state index contributed by atoms with van der Waals surface area (Å²) in [5.74, 6) is 0.138. The molecule has 0 saturated heterocycles. The minimum Gasteiger partial charge on any atom is -0.435 e. The number of nitrogens with one attached hydrogen (secondary N) is 1. The number of halogens is 4. The van der Waals surface area contributed by atoms with Crippen molar-refractivity contribution in [2.75, 3.05) is 17.7 Å². The van der Waals surface area contributed by atoms with Crippen molar-refractivity contribution in [3.63, 3.8) is 0 Å². The molecular weight excluding hydrogens is 319 g/mol. The van der Waals surface area contributed by atoms with Crippen molar-refractivity contribution in [3.8, 4) is 5.75 Å². The molecule has 96 valence electrons. The standard InChI is InChI=1S/C10H11BrClF2NO2/c11-6-1-7(15-5-8(16)4-12)3-9(2-6)17-10(13)14/h1-3,8,10,15-16H,4-5H2. The lowest BCUT2D eigenvalue weighted by atomic mass is 10.3. The van der Waals surface area contributed by atoms with Crippen molar-refractivity contribution in [3.05, 3.63) is 22.7 Å². The highest BCUT2D eigenvalue weighted by Crippen LogP contribution is 2.25. The van der Waals surface area contributed by atoms with Crippen LogP contribution in [0.4, 0.5) is 14.5 Å². The zero-order valence-corrected chi connectivity index (χ0v) is 11.0. The summed E-state index contributed by atoms with van der Waals surface area (Å²) in [5, 5.41) is 12.1. The molecule has 1 atom stereocenters. The highest BCUT2D eigenvalue weighted by atomic mass is 79.9. The third kappa shape index (κ3) is 5.52. The zero-order valence-electron chi connectivity index (χ0n) is 8.67. The molecule has 0 saturated carbocycles. The Hall–Kier alpha value is -0.590. The summed E-state index contributed by atoms with van der Waals surface area (Å²) < 4.78 is 28.9. The average molecular weight is 331 g/mol. The van der Waals surface area contributed by atoms with Crippen LogP contribution in [-0.4, -0.2) is 30.2 Å². The van der Waals surface area contributed by atoms with Crippen LogP contribution in [0.1, 0.15) is 0 Å². The van der Waals surface area contributed by atoms with Crippen LogP contribution in [0.5, 0.6) is 5.75 Å². The molecule has 3 nitrogen and oxygen atoms in total. The maximum absolute atomic E-state index is 12.0. The van der Waals surface area contributed by atoms with E-state index in [-0.39, 0.29) is 18.2 Å². The van der Waals surface area contributed by atoms with Crippen LogP contribution >= 0.6 is 27.5 Å². The van der Waals surface area contributed by atoms with Gasteiger partial charge in [-0.25, -0.2) is 0 Å². The summed E-state index contributed by atoms with van der Waals surface area (Å²) in [6.07, 6.45) is -0.699. The molecule has 0 spiro atoms. The van der Waals surface area contributed by atoms with Gasteiger partial charge in [-0.05, 0) is 12.1 Å². The van der Waals surface area contributed by atoms with E-state index < -0.39 is 12.7 Å². The predicted molar refractivity (Wildman–Crippen MR) is 66.0 cm³/mol. The fraction of sp³-hybridized carbons (Fsp3) is 0.400. The highest BCUT2D eigenvalue weighted by Gasteiger charge is 2.07. The maximum Gasteiger partial charge on any atom is 0.387 e. The summed E-state index contributed by atoms with van der Waals surface area (Å²) in [6.45, 7) is -2.64. The highest BCUT2D eigenvalue weighted by molar-refractivity contribution is 9.10. The number of hydrogen-bond acceptors (Lipinski definition) is 3. The molecule has 7 heteroatoms. The fourth-order valence-corrected chi connectivity index (χ4v) is 1.71. The lowest BCUT2D eigenvalue weighted by Crippen LogP contribution is -2.20.